The summed E-state index contributed by atoms with van der Waals surface area (Å²) in [4.78, 5) is 3.45. The Balaban J connectivity index is 2.16. The van der Waals surface area contributed by atoms with E-state index < -0.39 is 0 Å². The van der Waals surface area contributed by atoms with Crippen molar-refractivity contribution in [2.75, 3.05) is 20.6 Å². The maximum absolute atomic E-state index is 6.50. The Morgan fingerprint density at radius 3 is 2.70 bits per heavy atom. The predicted octanol–water partition coefficient (Wildman–Crippen LogP) is 5.79. The lowest BCUT2D eigenvalue weighted by Gasteiger charge is -2.38. The molecule has 0 aromatic rings. The van der Waals surface area contributed by atoms with E-state index in [0.717, 1.165) is 13.0 Å². The van der Waals surface area contributed by atoms with E-state index in [9.17, 15) is 0 Å². The van der Waals surface area contributed by atoms with E-state index in [1.54, 1.807) is 0 Å². The first-order valence-corrected chi connectivity index (χ1v) is 9.72. The molecule has 0 aromatic carbocycles. The molecule has 0 aliphatic heterocycles. The van der Waals surface area contributed by atoms with Gasteiger partial charge in [-0.2, -0.15) is 0 Å². The molecule has 0 saturated carbocycles. The molecule has 0 N–H and O–H groups in total. The maximum Gasteiger partial charge on any atom is 0.0638 e. The molecule has 0 aromatic heterocycles. The van der Waals surface area contributed by atoms with Crippen LogP contribution < -0.4 is 0 Å². The van der Waals surface area contributed by atoms with Crippen molar-refractivity contribution in [3.63, 3.8) is 0 Å². The Morgan fingerprint density at radius 2 is 2.09 bits per heavy atom. The van der Waals surface area contributed by atoms with Gasteiger partial charge in [-0.05, 0) is 65.2 Å². The summed E-state index contributed by atoms with van der Waals surface area (Å²) in [5.74, 6) is 0.540. The van der Waals surface area contributed by atoms with E-state index in [1.807, 2.05) is 11.8 Å². The van der Waals surface area contributed by atoms with E-state index >= 15 is 0 Å². The third-order valence-electron chi connectivity index (χ3n) is 4.73. The number of alkyl halides is 1. The van der Waals surface area contributed by atoms with E-state index in [-0.39, 0.29) is 9.62 Å². The van der Waals surface area contributed by atoms with E-state index in [1.165, 1.54) is 23.3 Å². The molecule has 0 fully saturated rings. The largest absolute Gasteiger partial charge is 0.309 e. The zero-order valence-corrected chi connectivity index (χ0v) is 16.7. The van der Waals surface area contributed by atoms with Gasteiger partial charge in [-0.1, -0.05) is 43.4 Å². The smallest absolute Gasteiger partial charge is 0.0638 e. The number of hydrogen-bond donors (Lipinski definition) is 0. The van der Waals surface area contributed by atoms with Gasteiger partial charge in [0, 0.05) is 9.65 Å². The lowest BCUT2D eigenvalue weighted by molar-refractivity contribution is 0.375. The van der Waals surface area contributed by atoms with E-state index in [2.05, 4.69) is 76.2 Å². The molecule has 0 saturated heterocycles. The summed E-state index contributed by atoms with van der Waals surface area (Å²) in [6.07, 6.45) is 17.0. The SMILES string of the molecule is CC1=CC(C)(Cl)CC=C1SC1(CCCN(C)C)C=CC=CC1C. The summed E-state index contributed by atoms with van der Waals surface area (Å²) in [6, 6.07) is 0. The van der Waals surface area contributed by atoms with Gasteiger partial charge in [0.2, 0.25) is 0 Å². The molecule has 128 valence electrons. The molecule has 3 heteroatoms. The molecular weight excluding hydrogens is 322 g/mol. The number of thioether (sulfide) groups is 1. The number of nitrogens with zero attached hydrogens (tertiary/aromatic N) is 1. The van der Waals surface area contributed by atoms with Crippen molar-refractivity contribution < 1.29 is 0 Å². The Labute approximate surface area is 151 Å². The number of hydrogen-bond acceptors (Lipinski definition) is 2. The van der Waals surface area contributed by atoms with Crippen molar-refractivity contribution in [1.29, 1.82) is 0 Å². The molecule has 23 heavy (non-hydrogen) atoms. The fourth-order valence-corrected chi connectivity index (χ4v) is 4.98. The summed E-state index contributed by atoms with van der Waals surface area (Å²) in [5, 5.41) is 0. The van der Waals surface area contributed by atoms with Crippen LogP contribution in [0.3, 0.4) is 0 Å². The molecule has 0 radical (unpaired) electrons. The zero-order chi connectivity index (χ0) is 17.1. The van der Waals surface area contributed by atoms with Crippen LogP contribution in [0.5, 0.6) is 0 Å². The summed E-state index contributed by atoms with van der Waals surface area (Å²) < 4.78 is 0.158. The highest BCUT2D eigenvalue weighted by atomic mass is 35.5. The molecule has 2 rings (SSSR count). The minimum Gasteiger partial charge on any atom is -0.309 e. The lowest BCUT2D eigenvalue weighted by atomic mass is 9.85. The fraction of sp³-hybridized carbons (Fsp3) is 0.600. The third-order valence-corrected chi connectivity index (χ3v) is 6.79. The van der Waals surface area contributed by atoms with Crippen LogP contribution in [0.25, 0.3) is 0 Å². The Bertz CT molecular complexity index is 542. The second-order valence-corrected chi connectivity index (χ2v) is 9.64. The summed E-state index contributed by atoms with van der Waals surface area (Å²) >= 11 is 8.53. The van der Waals surface area contributed by atoms with Crippen LogP contribution >= 0.6 is 23.4 Å². The van der Waals surface area contributed by atoms with Crippen LogP contribution in [0.2, 0.25) is 0 Å². The zero-order valence-electron chi connectivity index (χ0n) is 15.1. The van der Waals surface area contributed by atoms with Gasteiger partial charge in [0.25, 0.3) is 0 Å². The van der Waals surface area contributed by atoms with Crippen LogP contribution in [0.15, 0.2) is 46.9 Å². The van der Waals surface area contributed by atoms with Gasteiger partial charge in [-0.3, -0.25) is 0 Å². The van der Waals surface area contributed by atoms with Crippen LogP contribution in [0.4, 0.5) is 0 Å². The van der Waals surface area contributed by atoms with Crippen LogP contribution in [-0.4, -0.2) is 35.2 Å². The second kappa shape index (κ2) is 7.63. The minimum atomic E-state index is -0.222. The van der Waals surface area contributed by atoms with Crippen molar-refractivity contribution in [3.05, 3.63) is 46.9 Å². The molecule has 0 spiro atoms. The third kappa shape index (κ3) is 5.01. The van der Waals surface area contributed by atoms with Crippen molar-refractivity contribution in [1.82, 2.24) is 4.90 Å². The van der Waals surface area contributed by atoms with E-state index in [0.29, 0.717) is 5.92 Å². The van der Waals surface area contributed by atoms with Crippen molar-refractivity contribution in [2.24, 2.45) is 5.92 Å². The molecule has 1 nitrogen and oxygen atoms in total. The normalized spacial score (nSPS) is 33.8. The molecule has 2 aliphatic carbocycles. The van der Waals surface area contributed by atoms with Crippen LogP contribution in [0, 0.1) is 5.92 Å². The minimum absolute atomic E-state index is 0.158. The highest BCUT2D eigenvalue weighted by molar-refractivity contribution is 8.04. The number of allylic oxidation sites excluding steroid dienone is 6. The first-order valence-electron chi connectivity index (χ1n) is 8.53. The number of rotatable bonds is 6. The van der Waals surface area contributed by atoms with Gasteiger partial charge >= 0.3 is 0 Å². The van der Waals surface area contributed by atoms with Gasteiger partial charge in [-0.15, -0.1) is 23.4 Å². The highest BCUT2D eigenvalue weighted by Gasteiger charge is 2.36. The first kappa shape index (κ1) is 18.9. The molecule has 0 bridgehead atoms. The van der Waals surface area contributed by atoms with Gasteiger partial charge < -0.3 is 4.90 Å². The quantitative estimate of drug-likeness (QED) is 0.557. The number of halogens is 1. The van der Waals surface area contributed by atoms with Gasteiger partial charge in [-0.25, -0.2) is 0 Å². The molecule has 2 aliphatic rings. The molecule has 0 amide bonds. The summed E-state index contributed by atoms with van der Waals surface area (Å²) in [6.45, 7) is 7.77. The molecule has 3 unspecified atom stereocenters. The van der Waals surface area contributed by atoms with Crippen molar-refractivity contribution in [2.45, 2.75) is 49.7 Å². The molecule has 0 heterocycles. The summed E-state index contributed by atoms with van der Waals surface area (Å²) in [7, 11) is 4.30. The lowest BCUT2D eigenvalue weighted by Crippen LogP contribution is -2.33. The van der Waals surface area contributed by atoms with Gasteiger partial charge in [0.15, 0.2) is 0 Å². The Kier molecular flexibility index (Phi) is 6.27. The van der Waals surface area contributed by atoms with Crippen LogP contribution in [-0.2, 0) is 0 Å². The summed E-state index contributed by atoms with van der Waals surface area (Å²) in [5.41, 5.74) is 1.32. The standard InChI is InChI=1S/C20H30ClNS/c1-16-15-19(3,21)13-10-18(16)23-20(12-8-14-22(4)5)11-7-6-9-17(20)2/h6-7,9-11,15,17H,8,12-14H2,1-5H3. The Hall–Kier alpha value is -0.440. The molecule has 3 atom stereocenters. The topological polar surface area (TPSA) is 3.24 Å². The maximum atomic E-state index is 6.50. The van der Waals surface area contributed by atoms with Gasteiger partial charge in [0.1, 0.15) is 0 Å². The molecular formula is C20H30ClNS. The monoisotopic (exact) mass is 351 g/mol. The van der Waals surface area contributed by atoms with Crippen molar-refractivity contribution in [3.8, 4) is 0 Å². The first-order chi connectivity index (χ1) is 10.7. The highest BCUT2D eigenvalue weighted by Crippen LogP contribution is 2.49. The van der Waals surface area contributed by atoms with Crippen molar-refractivity contribution >= 4 is 23.4 Å². The van der Waals surface area contributed by atoms with E-state index in [4.69, 9.17) is 11.6 Å². The average Bonchev–Trinajstić information content (AvgIpc) is 2.44. The average molecular weight is 352 g/mol. The Morgan fingerprint density at radius 1 is 1.35 bits per heavy atom. The predicted molar refractivity (Wildman–Crippen MR) is 106 cm³/mol. The fourth-order valence-electron chi connectivity index (χ4n) is 3.29. The van der Waals surface area contributed by atoms with Crippen LogP contribution in [0.1, 0.15) is 40.0 Å². The van der Waals surface area contributed by atoms with Gasteiger partial charge in [0.05, 0.1) is 4.87 Å². The second-order valence-electron chi connectivity index (χ2n) is 7.37.